The number of benzene rings is 2. The fraction of sp³-hybridized carbons (Fsp3) is 0. The van der Waals surface area contributed by atoms with E-state index >= 15 is 0 Å². The van der Waals surface area contributed by atoms with Gasteiger partial charge in [-0.15, -0.1) is 5.10 Å². The number of nitrogens with zero attached hydrogens (tertiary/aromatic N) is 4. The van der Waals surface area contributed by atoms with Crippen LogP contribution in [0.4, 0.5) is 0 Å². The third kappa shape index (κ3) is 1.77. The summed E-state index contributed by atoms with van der Waals surface area (Å²) in [5, 5.41) is 5.74. The van der Waals surface area contributed by atoms with Gasteiger partial charge >= 0.3 is 5.63 Å². The van der Waals surface area contributed by atoms with E-state index in [9.17, 15) is 4.79 Å². The Bertz CT molecular complexity index is 1270. The average molecular weight is 314 g/mol. The fourth-order valence-corrected chi connectivity index (χ4v) is 2.86. The standard InChI is InChI=1S/C18H10N4O2/c23-17-13-10-19-18-20-16(11-6-2-1-3-7-11)21-22(18)15(13)12-8-4-5-9-14(12)24-17/h1-10H. The first-order chi connectivity index (χ1) is 11.8. The smallest absolute Gasteiger partial charge is 0.347 e. The van der Waals surface area contributed by atoms with Crippen LogP contribution in [0, 0.1) is 0 Å². The Kier molecular flexibility index (Phi) is 2.55. The van der Waals surface area contributed by atoms with Crippen LogP contribution in [0.2, 0.25) is 0 Å². The highest BCUT2D eigenvalue weighted by Crippen LogP contribution is 2.23. The molecule has 24 heavy (non-hydrogen) atoms. The lowest BCUT2D eigenvalue weighted by atomic mass is 10.2. The maximum absolute atomic E-state index is 12.2. The van der Waals surface area contributed by atoms with Crippen molar-refractivity contribution in [3.63, 3.8) is 0 Å². The third-order valence-corrected chi connectivity index (χ3v) is 3.96. The van der Waals surface area contributed by atoms with E-state index in [2.05, 4.69) is 15.1 Å². The molecule has 5 aromatic rings. The highest BCUT2D eigenvalue weighted by atomic mass is 16.4. The zero-order chi connectivity index (χ0) is 16.1. The molecule has 0 aliphatic rings. The van der Waals surface area contributed by atoms with E-state index in [4.69, 9.17) is 4.42 Å². The van der Waals surface area contributed by atoms with Crippen molar-refractivity contribution in [2.45, 2.75) is 0 Å². The van der Waals surface area contributed by atoms with Crippen molar-refractivity contribution < 1.29 is 4.42 Å². The maximum Gasteiger partial charge on any atom is 0.347 e. The molecule has 0 bridgehead atoms. The van der Waals surface area contributed by atoms with Gasteiger partial charge in [0.2, 0.25) is 0 Å². The van der Waals surface area contributed by atoms with Gasteiger partial charge in [0.25, 0.3) is 5.78 Å². The molecule has 0 amide bonds. The number of rotatable bonds is 1. The summed E-state index contributed by atoms with van der Waals surface area (Å²) in [5.41, 5.74) is 1.62. The lowest BCUT2D eigenvalue weighted by molar-refractivity contribution is 0.569. The molecule has 3 aromatic heterocycles. The molecule has 3 heterocycles. The maximum atomic E-state index is 12.2. The molecular weight excluding hydrogens is 304 g/mol. The second kappa shape index (κ2) is 4.73. The molecule has 2 aromatic carbocycles. The normalized spacial score (nSPS) is 11.5. The van der Waals surface area contributed by atoms with Crippen LogP contribution in [-0.4, -0.2) is 19.6 Å². The van der Waals surface area contributed by atoms with E-state index in [-0.39, 0.29) is 0 Å². The van der Waals surface area contributed by atoms with E-state index in [0.29, 0.717) is 28.1 Å². The lowest BCUT2D eigenvalue weighted by Gasteiger charge is -2.02. The SMILES string of the molecule is O=c1oc2ccccc2c2c1cnc1nc(-c3ccccc3)nn12. The van der Waals surface area contributed by atoms with Gasteiger partial charge in [-0.25, -0.2) is 9.78 Å². The number of hydrogen-bond donors (Lipinski definition) is 0. The Morgan fingerprint density at radius 3 is 2.58 bits per heavy atom. The highest BCUT2D eigenvalue weighted by molar-refractivity contribution is 6.02. The van der Waals surface area contributed by atoms with Crippen LogP contribution < -0.4 is 5.63 Å². The quantitative estimate of drug-likeness (QED) is 0.351. The van der Waals surface area contributed by atoms with Crippen LogP contribution in [0.1, 0.15) is 0 Å². The Hall–Kier alpha value is -3.54. The van der Waals surface area contributed by atoms with Crippen LogP contribution in [0.15, 0.2) is 70.0 Å². The Balaban J connectivity index is 1.96. The first-order valence-corrected chi connectivity index (χ1v) is 7.44. The molecule has 6 nitrogen and oxygen atoms in total. The molecule has 0 aliphatic carbocycles. The van der Waals surface area contributed by atoms with Gasteiger partial charge in [0, 0.05) is 17.1 Å². The van der Waals surface area contributed by atoms with Crippen LogP contribution in [0.5, 0.6) is 0 Å². The summed E-state index contributed by atoms with van der Waals surface area (Å²) in [7, 11) is 0. The Morgan fingerprint density at radius 2 is 1.71 bits per heavy atom. The van der Waals surface area contributed by atoms with E-state index in [1.807, 2.05) is 48.5 Å². The summed E-state index contributed by atoms with van der Waals surface area (Å²) < 4.78 is 6.97. The van der Waals surface area contributed by atoms with Gasteiger partial charge in [-0.05, 0) is 12.1 Å². The van der Waals surface area contributed by atoms with Gasteiger partial charge in [-0.3, -0.25) is 0 Å². The number of para-hydroxylation sites is 1. The first-order valence-electron chi connectivity index (χ1n) is 7.44. The molecule has 0 saturated carbocycles. The van der Waals surface area contributed by atoms with Gasteiger partial charge in [0.1, 0.15) is 11.0 Å². The minimum Gasteiger partial charge on any atom is -0.422 e. The molecule has 0 atom stereocenters. The zero-order valence-electron chi connectivity index (χ0n) is 12.4. The minimum atomic E-state index is -0.435. The molecule has 0 fully saturated rings. The summed E-state index contributed by atoms with van der Waals surface area (Å²) >= 11 is 0. The van der Waals surface area contributed by atoms with Crippen molar-refractivity contribution in [3.8, 4) is 11.4 Å². The topological polar surface area (TPSA) is 73.3 Å². The van der Waals surface area contributed by atoms with Gasteiger partial charge in [-0.1, -0.05) is 42.5 Å². The van der Waals surface area contributed by atoms with Gasteiger partial charge in [0.05, 0.1) is 5.52 Å². The highest BCUT2D eigenvalue weighted by Gasteiger charge is 2.15. The second-order valence-corrected chi connectivity index (χ2v) is 5.42. The van der Waals surface area contributed by atoms with Crippen LogP contribution in [-0.2, 0) is 0 Å². The molecule has 0 N–H and O–H groups in total. The molecular formula is C18H10N4O2. The van der Waals surface area contributed by atoms with Crippen molar-refractivity contribution in [1.29, 1.82) is 0 Å². The van der Waals surface area contributed by atoms with E-state index in [1.54, 1.807) is 10.6 Å². The largest absolute Gasteiger partial charge is 0.422 e. The van der Waals surface area contributed by atoms with E-state index in [1.165, 1.54) is 6.20 Å². The summed E-state index contributed by atoms with van der Waals surface area (Å²) in [4.78, 5) is 21.0. The summed E-state index contributed by atoms with van der Waals surface area (Å²) in [6.45, 7) is 0. The van der Waals surface area contributed by atoms with Crippen LogP contribution in [0.3, 0.4) is 0 Å². The Morgan fingerprint density at radius 1 is 0.917 bits per heavy atom. The molecule has 6 heteroatoms. The Labute approximate surface area is 135 Å². The van der Waals surface area contributed by atoms with Gasteiger partial charge < -0.3 is 4.42 Å². The monoisotopic (exact) mass is 314 g/mol. The predicted octanol–water partition coefficient (Wildman–Crippen LogP) is 3.05. The summed E-state index contributed by atoms with van der Waals surface area (Å²) in [5.74, 6) is 1.00. The van der Waals surface area contributed by atoms with Crippen molar-refractivity contribution in [2.75, 3.05) is 0 Å². The van der Waals surface area contributed by atoms with Crippen molar-refractivity contribution in [3.05, 3.63) is 71.2 Å². The minimum absolute atomic E-state index is 0.380. The van der Waals surface area contributed by atoms with Crippen LogP contribution >= 0.6 is 0 Å². The van der Waals surface area contributed by atoms with Gasteiger partial charge in [0.15, 0.2) is 5.82 Å². The van der Waals surface area contributed by atoms with E-state index < -0.39 is 5.63 Å². The average Bonchev–Trinajstić information content (AvgIpc) is 3.07. The number of fused-ring (bicyclic) bond motifs is 5. The zero-order valence-corrected chi connectivity index (χ0v) is 12.4. The molecule has 5 rings (SSSR count). The molecule has 0 saturated heterocycles. The van der Waals surface area contributed by atoms with Crippen molar-refractivity contribution in [2.24, 2.45) is 0 Å². The molecule has 0 unspecified atom stereocenters. The molecule has 0 spiro atoms. The van der Waals surface area contributed by atoms with Crippen molar-refractivity contribution in [1.82, 2.24) is 19.6 Å². The molecule has 114 valence electrons. The fourth-order valence-electron chi connectivity index (χ4n) is 2.86. The molecule has 0 radical (unpaired) electrons. The third-order valence-electron chi connectivity index (χ3n) is 3.96. The van der Waals surface area contributed by atoms with Crippen LogP contribution in [0.25, 0.3) is 39.0 Å². The first kappa shape index (κ1) is 13.0. The second-order valence-electron chi connectivity index (χ2n) is 5.42. The summed E-state index contributed by atoms with van der Waals surface area (Å²) in [6.07, 6.45) is 1.49. The lowest BCUT2D eigenvalue weighted by Crippen LogP contribution is -2.05. The number of hydrogen-bond acceptors (Lipinski definition) is 5. The predicted molar refractivity (Wildman–Crippen MR) is 89.8 cm³/mol. The van der Waals surface area contributed by atoms with Gasteiger partial charge in [-0.2, -0.15) is 9.50 Å². The number of aromatic nitrogens is 4. The van der Waals surface area contributed by atoms with Crippen molar-refractivity contribution >= 4 is 27.6 Å². The summed E-state index contributed by atoms with van der Waals surface area (Å²) in [6, 6.07) is 17.0. The van der Waals surface area contributed by atoms with E-state index in [0.717, 1.165) is 10.9 Å². The molecule has 0 aliphatic heterocycles.